The minimum atomic E-state index is -0.215. The highest BCUT2D eigenvalue weighted by molar-refractivity contribution is 5.68. The maximum absolute atomic E-state index is 14.0. The number of halogens is 1. The molecule has 0 amide bonds. The number of rotatable bonds is 10. The Morgan fingerprint density at radius 3 is 2.51 bits per heavy atom. The summed E-state index contributed by atoms with van der Waals surface area (Å²) in [4.78, 5) is 7.11. The average molecular weight is 523 g/mol. The highest BCUT2D eigenvalue weighted by Crippen LogP contribution is 2.25. The van der Waals surface area contributed by atoms with Gasteiger partial charge in [0.05, 0.1) is 5.69 Å². The number of hydrogen-bond acceptors (Lipinski definition) is 6. The fourth-order valence-corrected chi connectivity index (χ4v) is 4.87. The fourth-order valence-electron chi connectivity index (χ4n) is 4.87. The van der Waals surface area contributed by atoms with Gasteiger partial charge in [-0.05, 0) is 80.5 Å². The lowest BCUT2D eigenvalue weighted by Crippen LogP contribution is -2.25. The number of ether oxygens (including phenoxy) is 1. The molecule has 0 atom stereocenters. The van der Waals surface area contributed by atoms with Crippen LogP contribution in [-0.2, 0) is 6.54 Å². The summed E-state index contributed by atoms with van der Waals surface area (Å²) in [5, 5.41) is 11.3. The average Bonchev–Trinajstić information content (AvgIpc) is 3.63. The van der Waals surface area contributed by atoms with Gasteiger partial charge in [0.25, 0.3) is 0 Å². The zero-order valence-corrected chi connectivity index (χ0v) is 21.7. The molecule has 2 aromatic heterocycles. The predicted molar refractivity (Wildman–Crippen MR) is 153 cm³/mol. The van der Waals surface area contributed by atoms with Crippen LogP contribution in [0.15, 0.2) is 91.0 Å². The first-order chi connectivity index (χ1) is 19.2. The van der Waals surface area contributed by atoms with Crippen LogP contribution in [0.3, 0.4) is 0 Å². The van der Waals surface area contributed by atoms with Crippen molar-refractivity contribution in [3.05, 3.63) is 102 Å². The molecule has 0 radical (unpaired) electrons. The van der Waals surface area contributed by atoms with Crippen LogP contribution in [0.2, 0.25) is 0 Å². The summed E-state index contributed by atoms with van der Waals surface area (Å²) in [5.41, 5.74) is 5.03. The van der Waals surface area contributed by atoms with Gasteiger partial charge in [0.1, 0.15) is 18.2 Å². The summed E-state index contributed by atoms with van der Waals surface area (Å²) in [7, 11) is 0. The maximum Gasteiger partial charge on any atom is 0.247 e. The SMILES string of the molecule is Fc1ccccc1CNc1cccc(-c2cccc3nc(Nc4ccc(OCCN5CCCC5)cc4)nn23)c1. The first kappa shape index (κ1) is 24.9. The number of benzene rings is 3. The molecule has 0 unspecified atom stereocenters. The number of nitrogens with one attached hydrogen (secondary N) is 2. The van der Waals surface area contributed by atoms with E-state index in [1.165, 1.54) is 32.0 Å². The van der Waals surface area contributed by atoms with E-state index >= 15 is 0 Å². The van der Waals surface area contributed by atoms with Gasteiger partial charge in [-0.1, -0.05) is 36.4 Å². The quantitative estimate of drug-likeness (QED) is 0.222. The highest BCUT2D eigenvalue weighted by Gasteiger charge is 2.12. The molecule has 0 bridgehead atoms. The summed E-state index contributed by atoms with van der Waals surface area (Å²) in [6.07, 6.45) is 2.58. The van der Waals surface area contributed by atoms with Gasteiger partial charge in [0.2, 0.25) is 5.95 Å². The van der Waals surface area contributed by atoms with Gasteiger partial charge >= 0.3 is 0 Å². The molecule has 0 spiro atoms. The van der Waals surface area contributed by atoms with Crippen LogP contribution >= 0.6 is 0 Å². The van der Waals surface area contributed by atoms with Crippen molar-refractivity contribution in [3.63, 3.8) is 0 Å². The molecule has 1 fully saturated rings. The van der Waals surface area contributed by atoms with Gasteiger partial charge in [-0.3, -0.25) is 4.90 Å². The summed E-state index contributed by atoms with van der Waals surface area (Å²) >= 11 is 0. The first-order valence-electron chi connectivity index (χ1n) is 13.4. The molecule has 8 heteroatoms. The maximum atomic E-state index is 14.0. The summed E-state index contributed by atoms with van der Waals surface area (Å²) in [6.45, 7) is 4.43. The monoisotopic (exact) mass is 522 g/mol. The van der Waals surface area contributed by atoms with Crippen molar-refractivity contribution in [2.45, 2.75) is 19.4 Å². The van der Waals surface area contributed by atoms with Crippen LogP contribution in [-0.4, -0.2) is 45.7 Å². The van der Waals surface area contributed by atoms with E-state index in [1.54, 1.807) is 12.1 Å². The summed E-state index contributed by atoms with van der Waals surface area (Å²) in [5.74, 6) is 1.15. The van der Waals surface area contributed by atoms with Gasteiger partial charge in [-0.25, -0.2) is 8.91 Å². The zero-order chi connectivity index (χ0) is 26.4. The standard InChI is InChI=1S/C31H31FN6O/c32-28-10-2-1-7-24(28)22-33-26-9-5-8-23(21-26)29-11-6-12-30-35-31(36-38(29)30)34-25-13-15-27(16-14-25)39-20-19-37-17-3-4-18-37/h1-2,5-16,21,33H,3-4,17-20,22H2,(H,34,36). The van der Waals surface area contributed by atoms with E-state index in [0.717, 1.165) is 40.6 Å². The third-order valence-corrected chi connectivity index (χ3v) is 6.94. The summed E-state index contributed by atoms with van der Waals surface area (Å²) in [6, 6.07) is 28.6. The second-order valence-corrected chi connectivity index (χ2v) is 9.69. The lowest BCUT2D eigenvalue weighted by atomic mass is 10.1. The third-order valence-electron chi connectivity index (χ3n) is 6.94. The van der Waals surface area contributed by atoms with Crippen LogP contribution in [0.5, 0.6) is 5.75 Å². The minimum Gasteiger partial charge on any atom is -0.492 e. The molecule has 2 N–H and O–H groups in total. The van der Waals surface area contributed by atoms with Gasteiger partial charge in [0.15, 0.2) is 5.65 Å². The van der Waals surface area contributed by atoms with Crippen LogP contribution < -0.4 is 15.4 Å². The second kappa shape index (κ2) is 11.5. The van der Waals surface area contributed by atoms with Crippen molar-refractivity contribution in [1.82, 2.24) is 19.5 Å². The van der Waals surface area contributed by atoms with E-state index in [0.29, 0.717) is 24.7 Å². The lowest BCUT2D eigenvalue weighted by molar-refractivity contribution is 0.238. The Labute approximate surface area is 227 Å². The molecule has 5 aromatic rings. The molecular weight excluding hydrogens is 491 g/mol. The van der Waals surface area contributed by atoms with Crippen molar-refractivity contribution in [3.8, 4) is 17.0 Å². The molecule has 0 aliphatic carbocycles. The number of nitrogens with zero attached hydrogens (tertiary/aromatic N) is 4. The van der Waals surface area contributed by atoms with Crippen molar-refractivity contribution in [2.24, 2.45) is 0 Å². The molecule has 1 aliphatic rings. The van der Waals surface area contributed by atoms with E-state index in [2.05, 4.69) is 20.5 Å². The van der Waals surface area contributed by atoms with E-state index in [9.17, 15) is 4.39 Å². The molecule has 1 aliphatic heterocycles. The van der Waals surface area contributed by atoms with Crippen LogP contribution in [0, 0.1) is 5.82 Å². The van der Waals surface area contributed by atoms with E-state index in [-0.39, 0.29) is 5.82 Å². The minimum absolute atomic E-state index is 0.215. The Morgan fingerprint density at radius 1 is 0.846 bits per heavy atom. The highest BCUT2D eigenvalue weighted by atomic mass is 19.1. The van der Waals surface area contributed by atoms with Gasteiger partial charge in [0, 0.05) is 35.6 Å². The molecule has 6 rings (SSSR count). The van der Waals surface area contributed by atoms with Gasteiger partial charge in [-0.15, -0.1) is 5.10 Å². The first-order valence-corrected chi connectivity index (χ1v) is 13.4. The molecule has 39 heavy (non-hydrogen) atoms. The van der Waals surface area contributed by atoms with E-state index in [4.69, 9.17) is 9.84 Å². The fraction of sp³-hybridized carbons (Fsp3) is 0.226. The Bertz CT molecular complexity index is 1540. The van der Waals surface area contributed by atoms with Crippen molar-refractivity contribution in [1.29, 1.82) is 0 Å². The lowest BCUT2D eigenvalue weighted by Gasteiger charge is -2.15. The predicted octanol–water partition coefficient (Wildman–Crippen LogP) is 6.37. The number of likely N-dealkylation sites (tertiary alicyclic amines) is 1. The van der Waals surface area contributed by atoms with Crippen molar-refractivity contribution in [2.75, 3.05) is 36.9 Å². The molecule has 198 valence electrons. The van der Waals surface area contributed by atoms with Crippen LogP contribution in [0.1, 0.15) is 18.4 Å². The van der Waals surface area contributed by atoms with Crippen molar-refractivity contribution >= 4 is 23.0 Å². The summed E-state index contributed by atoms with van der Waals surface area (Å²) < 4.78 is 21.8. The van der Waals surface area contributed by atoms with Gasteiger partial charge < -0.3 is 15.4 Å². The molecule has 7 nitrogen and oxygen atoms in total. The molecule has 1 saturated heterocycles. The van der Waals surface area contributed by atoms with Crippen molar-refractivity contribution < 1.29 is 9.13 Å². The topological polar surface area (TPSA) is 66.7 Å². The number of anilines is 3. The Balaban J connectivity index is 1.13. The van der Waals surface area contributed by atoms with E-state index < -0.39 is 0 Å². The van der Waals surface area contributed by atoms with E-state index in [1.807, 2.05) is 77.3 Å². The zero-order valence-electron chi connectivity index (χ0n) is 21.7. The third kappa shape index (κ3) is 6.02. The number of fused-ring (bicyclic) bond motifs is 1. The largest absolute Gasteiger partial charge is 0.492 e. The molecular formula is C31H31FN6O. The Morgan fingerprint density at radius 2 is 1.67 bits per heavy atom. The number of pyridine rings is 1. The van der Waals surface area contributed by atoms with Crippen LogP contribution in [0.4, 0.5) is 21.7 Å². The number of hydrogen-bond donors (Lipinski definition) is 2. The van der Waals surface area contributed by atoms with Gasteiger partial charge in [-0.2, -0.15) is 4.98 Å². The van der Waals surface area contributed by atoms with Crippen LogP contribution in [0.25, 0.3) is 16.9 Å². The molecule has 0 saturated carbocycles. The molecule has 3 aromatic carbocycles. The Kier molecular flexibility index (Phi) is 7.36. The smallest absolute Gasteiger partial charge is 0.247 e. The second-order valence-electron chi connectivity index (χ2n) is 9.69. The molecule has 3 heterocycles. The number of aromatic nitrogens is 3. The normalized spacial score (nSPS) is 13.6. The Hall–Kier alpha value is -4.43.